The van der Waals surface area contributed by atoms with Crippen LogP contribution in [0.2, 0.25) is 0 Å². The van der Waals surface area contributed by atoms with E-state index in [0.717, 1.165) is 38.8 Å². The van der Waals surface area contributed by atoms with Gasteiger partial charge < -0.3 is 16.0 Å². The maximum absolute atomic E-state index is 11.8. The van der Waals surface area contributed by atoms with Gasteiger partial charge in [0, 0.05) is 19.1 Å². The van der Waals surface area contributed by atoms with Gasteiger partial charge in [-0.3, -0.25) is 0 Å². The molecule has 2 heterocycles. The summed E-state index contributed by atoms with van der Waals surface area (Å²) in [5.41, 5.74) is 0. The van der Waals surface area contributed by atoms with Crippen LogP contribution in [-0.2, 0) is 9.84 Å². The van der Waals surface area contributed by atoms with Crippen molar-refractivity contribution in [3.05, 3.63) is 0 Å². The number of hydrogen-bond donors (Lipinski definition) is 3. The molecular formula is C13H25N3O3S. The molecule has 0 aromatic rings. The molecule has 0 radical (unpaired) electrons. The van der Waals surface area contributed by atoms with Crippen LogP contribution in [0, 0.1) is 5.92 Å². The normalized spacial score (nSPS) is 30.2. The molecule has 0 aliphatic carbocycles. The molecule has 0 bridgehead atoms. The highest BCUT2D eigenvalue weighted by Gasteiger charge is 2.25. The van der Waals surface area contributed by atoms with Crippen LogP contribution in [0.3, 0.4) is 0 Å². The van der Waals surface area contributed by atoms with Crippen LogP contribution in [0.4, 0.5) is 4.79 Å². The Morgan fingerprint density at radius 3 is 2.85 bits per heavy atom. The summed E-state index contributed by atoms with van der Waals surface area (Å²) in [7, 11) is -2.89. The fraction of sp³-hybridized carbons (Fsp3) is 0.923. The Hall–Kier alpha value is -0.820. The van der Waals surface area contributed by atoms with Gasteiger partial charge in [0.15, 0.2) is 9.84 Å². The zero-order valence-corrected chi connectivity index (χ0v) is 12.7. The average Bonchev–Trinajstić information content (AvgIpc) is 2.64. The number of carbonyl (C=O) groups is 1. The zero-order chi connectivity index (χ0) is 14.4. The van der Waals surface area contributed by atoms with Crippen molar-refractivity contribution in [2.45, 2.75) is 38.1 Å². The van der Waals surface area contributed by atoms with E-state index in [9.17, 15) is 13.2 Å². The highest BCUT2D eigenvalue weighted by atomic mass is 32.2. The zero-order valence-electron chi connectivity index (χ0n) is 11.9. The summed E-state index contributed by atoms with van der Waals surface area (Å²) in [4.78, 5) is 11.8. The van der Waals surface area contributed by atoms with Crippen molar-refractivity contribution < 1.29 is 13.2 Å². The van der Waals surface area contributed by atoms with Gasteiger partial charge in [-0.15, -0.1) is 0 Å². The summed E-state index contributed by atoms with van der Waals surface area (Å²) >= 11 is 0. The molecule has 0 saturated carbocycles. The van der Waals surface area contributed by atoms with Crippen LogP contribution in [0.25, 0.3) is 0 Å². The Morgan fingerprint density at radius 1 is 1.20 bits per heavy atom. The van der Waals surface area contributed by atoms with Crippen LogP contribution in [0.1, 0.15) is 32.1 Å². The van der Waals surface area contributed by atoms with E-state index in [4.69, 9.17) is 0 Å². The Labute approximate surface area is 121 Å². The second kappa shape index (κ2) is 7.26. The molecule has 2 atom stereocenters. The quantitative estimate of drug-likeness (QED) is 0.697. The Balaban J connectivity index is 1.69. The summed E-state index contributed by atoms with van der Waals surface area (Å²) in [5.74, 6) is 0.564. The third-order valence-corrected chi connectivity index (χ3v) is 5.88. The lowest BCUT2D eigenvalue weighted by molar-refractivity contribution is 0.234. The first-order valence-electron chi connectivity index (χ1n) is 7.51. The van der Waals surface area contributed by atoms with E-state index in [2.05, 4.69) is 16.0 Å². The first-order valence-corrected chi connectivity index (χ1v) is 9.33. The molecule has 2 rings (SSSR count). The number of urea groups is 1. The third-order valence-electron chi connectivity index (χ3n) is 3.99. The van der Waals surface area contributed by atoms with E-state index in [1.54, 1.807) is 0 Å². The average molecular weight is 303 g/mol. The molecule has 3 N–H and O–H groups in total. The van der Waals surface area contributed by atoms with E-state index < -0.39 is 9.84 Å². The molecule has 0 aromatic carbocycles. The molecule has 2 amide bonds. The minimum atomic E-state index is -2.89. The highest BCUT2D eigenvalue weighted by Crippen LogP contribution is 2.17. The smallest absolute Gasteiger partial charge is 0.315 e. The summed E-state index contributed by atoms with van der Waals surface area (Å²) < 4.78 is 23.0. The van der Waals surface area contributed by atoms with Gasteiger partial charge in [-0.05, 0) is 38.1 Å². The van der Waals surface area contributed by atoms with Crippen LogP contribution >= 0.6 is 0 Å². The minimum Gasteiger partial charge on any atom is -0.338 e. The topological polar surface area (TPSA) is 87.3 Å². The van der Waals surface area contributed by atoms with Gasteiger partial charge in [0.25, 0.3) is 0 Å². The fourth-order valence-electron chi connectivity index (χ4n) is 2.89. The second-order valence-electron chi connectivity index (χ2n) is 5.87. The van der Waals surface area contributed by atoms with Gasteiger partial charge in [-0.25, -0.2) is 13.2 Å². The number of amides is 2. The van der Waals surface area contributed by atoms with Crippen molar-refractivity contribution in [1.29, 1.82) is 0 Å². The van der Waals surface area contributed by atoms with Gasteiger partial charge >= 0.3 is 6.03 Å². The summed E-state index contributed by atoms with van der Waals surface area (Å²) in [5, 5.41) is 9.07. The number of carbonyl (C=O) groups excluding carboxylic acids is 1. The lowest BCUT2D eigenvalue weighted by atomic mass is 10.1. The number of hydrogen-bond acceptors (Lipinski definition) is 4. The number of rotatable bonds is 3. The first-order chi connectivity index (χ1) is 9.55. The number of nitrogens with one attached hydrogen (secondary N) is 3. The predicted octanol–water partition coefficient (Wildman–Crippen LogP) is 0.253. The molecule has 2 saturated heterocycles. The first kappa shape index (κ1) is 15.6. The summed E-state index contributed by atoms with van der Waals surface area (Å²) in [6.45, 7) is 2.27. The van der Waals surface area contributed by atoms with E-state index in [-0.39, 0.29) is 23.7 Å². The molecule has 20 heavy (non-hydrogen) atoms. The highest BCUT2D eigenvalue weighted by molar-refractivity contribution is 7.91. The standard InChI is InChI=1S/C13H25N3O3S/c17-13(16-12-5-1-2-6-14-9-12)15-8-11-4-3-7-20(18,19)10-11/h11-12,14H,1-10H2,(H2,15,16,17). The van der Waals surface area contributed by atoms with Crippen molar-refractivity contribution in [2.75, 3.05) is 31.1 Å². The number of sulfone groups is 1. The fourth-order valence-corrected chi connectivity index (χ4v) is 4.67. The van der Waals surface area contributed by atoms with Crippen LogP contribution < -0.4 is 16.0 Å². The van der Waals surface area contributed by atoms with Gasteiger partial charge in [0.1, 0.15) is 0 Å². The lowest BCUT2D eigenvalue weighted by Gasteiger charge is -2.23. The molecular weight excluding hydrogens is 278 g/mol. The van der Waals surface area contributed by atoms with Crippen molar-refractivity contribution in [3.8, 4) is 0 Å². The van der Waals surface area contributed by atoms with Crippen molar-refractivity contribution >= 4 is 15.9 Å². The van der Waals surface area contributed by atoms with E-state index in [0.29, 0.717) is 18.7 Å². The lowest BCUT2D eigenvalue weighted by Crippen LogP contribution is -2.47. The molecule has 2 aliphatic heterocycles. The molecule has 116 valence electrons. The molecule has 6 nitrogen and oxygen atoms in total. The van der Waals surface area contributed by atoms with Gasteiger partial charge in [0.2, 0.25) is 0 Å². The van der Waals surface area contributed by atoms with Crippen molar-refractivity contribution in [3.63, 3.8) is 0 Å². The van der Waals surface area contributed by atoms with E-state index in [1.165, 1.54) is 0 Å². The minimum absolute atomic E-state index is 0.0618. The Kier molecular flexibility index (Phi) is 5.65. The second-order valence-corrected chi connectivity index (χ2v) is 8.10. The molecule has 0 spiro atoms. The van der Waals surface area contributed by atoms with Crippen molar-refractivity contribution in [1.82, 2.24) is 16.0 Å². The third kappa shape index (κ3) is 5.28. The SMILES string of the molecule is O=C(NCC1CCCS(=O)(=O)C1)NC1CCCCNC1. The largest absolute Gasteiger partial charge is 0.338 e. The van der Waals surface area contributed by atoms with Gasteiger partial charge in [0.05, 0.1) is 11.5 Å². The van der Waals surface area contributed by atoms with Gasteiger partial charge in [-0.1, -0.05) is 6.42 Å². The van der Waals surface area contributed by atoms with Crippen LogP contribution in [-0.4, -0.2) is 51.6 Å². The molecule has 2 unspecified atom stereocenters. The monoisotopic (exact) mass is 303 g/mol. The molecule has 7 heteroatoms. The van der Waals surface area contributed by atoms with E-state index >= 15 is 0 Å². The Bertz CT molecular complexity index is 417. The van der Waals surface area contributed by atoms with Crippen LogP contribution in [0.15, 0.2) is 0 Å². The summed E-state index contributed by atoms with van der Waals surface area (Å²) in [6.07, 6.45) is 4.87. The Morgan fingerprint density at radius 2 is 2.05 bits per heavy atom. The van der Waals surface area contributed by atoms with Crippen molar-refractivity contribution in [2.24, 2.45) is 5.92 Å². The molecule has 2 fully saturated rings. The molecule has 0 aromatic heterocycles. The predicted molar refractivity (Wildman–Crippen MR) is 78.4 cm³/mol. The van der Waals surface area contributed by atoms with Gasteiger partial charge in [-0.2, -0.15) is 0 Å². The van der Waals surface area contributed by atoms with Crippen LogP contribution in [0.5, 0.6) is 0 Å². The summed E-state index contributed by atoms with van der Waals surface area (Å²) in [6, 6.07) is -0.00531. The maximum Gasteiger partial charge on any atom is 0.315 e. The molecule has 2 aliphatic rings. The van der Waals surface area contributed by atoms with E-state index in [1.807, 2.05) is 0 Å². The maximum atomic E-state index is 11.8.